The van der Waals surface area contributed by atoms with Crippen LogP contribution < -0.4 is 5.32 Å². The summed E-state index contributed by atoms with van der Waals surface area (Å²) >= 11 is 0. The second kappa shape index (κ2) is 7.61. The maximum absolute atomic E-state index is 12.0. The Balaban J connectivity index is 1.93. The zero-order chi connectivity index (χ0) is 15.1. The molecule has 1 aromatic carbocycles. The number of hydrogen-bond donors (Lipinski definition) is 1. The summed E-state index contributed by atoms with van der Waals surface area (Å²) < 4.78 is 15.7. The SMILES string of the molecule is COCc1ccc(C(=O)NCC(OC)c2ccccc2)o1. The van der Waals surface area contributed by atoms with Crippen LogP contribution in [0.15, 0.2) is 46.9 Å². The molecule has 0 spiro atoms. The van der Waals surface area contributed by atoms with E-state index in [2.05, 4.69) is 5.32 Å². The number of hydrogen-bond acceptors (Lipinski definition) is 4. The predicted octanol–water partition coefficient (Wildman–Crippen LogP) is 2.54. The van der Waals surface area contributed by atoms with E-state index in [0.717, 1.165) is 5.56 Å². The molecule has 1 unspecified atom stereocenters. The lowest BCUT2D eigenvalue weighted by molar-refractivity contribution is 0.0801. The molecule has 1 N–H and O–H groups in total. The number of nitrogens with one attached hydrogen (secondary N) is 1. The summed E-state index contributed by atoms with van der Waals surface area (Å²) in [6, 6.07) is 13.1. The van der Waals surface area contributed by atoms with Crippen molar-refractivity contribution < 1.29 is 18.7 Å². The standard InChI is InChI=1S/C16H19NO4/c1-19-11-13-8-9-14(21-13)16(18)17-10-15(20-2)12-6-4-3-5-7-12/h3-9,15H,10-11H2,1-2H3,(H,17,18). The van der Waals surface area contributed by atoms with Crippen LogP contribution in [0.3, 0.4) is 0 Å². The van der Waals surface area contributed by atoms with Gasteiger partial charge in [0.15, 0.2) is 5.76 Å². The van der Waals surface area contributed by atoms with E-state index in [-0.39, 0.29) is 17.8 Å². The lowest BCUT2D eigenvalue weighted by Gasteiger charge is -2.16. The molecule has 0 aliphatic heterocycles. The van der Waals surface area contributed by atoms with Crippen LogP contribution in [0.2, 0.25) is 0 Å². The summed E-state index contributed by atoms with van der Waals surface area (Å²) in [5.41, 5.74) is 1.01. The van der Waals surface area contributed by atoms with Gasteiger partial charge in [0.2, 0.25) is 0 Å². The fourth-order valence-corrected chi connectivity index (χ4v) is 2.00. The molecule has 1 heterocycles. The molecule has 1 amide bonds. The fourth-order valence-electron chi connectivity index (χ4n) is 2.00. The quantitative estimate of drug-likeness (QED) is 0.851. The number of rotatable bonds is 7. The topological polar surface area (TPSA) is 60.7 Å². The lowest BCUT2D eigenvalue weighted by atomic mass is 10.1. The molecule has 1 atom stereocenters. The van der Waals surface area contributed by atoms with Gasteiger partial charge in [0.25, 0.3) is 5.91 Å². The molecule has 0 saturated carbocycles. The first-order valence-corrected chi connectivity index (χ1v) is 6.68. The molecular formula is C16H19NO4. The average Bonchev–Trinajstić information content (AvgIpc) is 2.98. The third-order valence-electron chi connectivity index (χ3n) is 3.08. The molecule has 0 radical (unpaired) electrons. The van der Waals surface area contributed by atoms with Gasteiger partial charge in [-0.1, -0.05) is 30.3 Å². The summed E-state index contributed by atoms with van der Waals surface area (Å²) in [5, 5.41) is 2.81. The highest BCUT2D eigenvalue weighted by Crippen LogP contribution is 2.15. The first kappa shape index (κ1) is 15.3. The van der Waals surface area contributed by atoms with Crippen LogP contribution in [0.5, 0.6) is 0 Å². The number of carbonyl (C=O) groups excluding carboxylic acids is 1. The normalized spacial score (nSPS) is 12.1. The molecular weight excluding hydrogens is 270 g/mol. The molecule has 0 fully saturated rings. The van der Waals surface area contributed by atoms with E-state index in [1.54, 1.807) is 26.4 Å². The number of amides is 1. The van der Waals surface area contributed by atoms with Crippen LogP contribution in [-0.2, 0) is 16.1 Å². The van der Waals surface area contributed by atoms with Crippen molar-refractivity contribution >= 4 is 5.91 Å². The van der Waals surface area contributed by atoms with Crippen LogP contribution in [0, 0.1) is 0 Å². The smallest absolute Gasteiger partial charge is 0.287 e. The van der Waals surface area contributed by atoms with E-state index < -0.39 is 0 Å². The maximum atomic E-state index is 12.0. The van der Waals surface area contributed by atoms with Crippen molar-refractivity contribution in [3.63, 3.8) is 0 Å². The van der Waals surface area contributed by atoms with E-state index in [4.69, 9.17) is 13.9 Å². The Hall–Kier alpha value is -2.11. The molecule has 112 valence electrons. The van der Waals surface area contributed by atoms with Gasteiger partial charge in [0.05, 0.1) is 6.10 Å². The van der Waals surface area contributed by atoms with E-state index >= 15 is 0 Å². The molecule has 0 aliphatic rings. The number of benzene rings is 1. The van der Waals surface area contributed by atoms with Gasteiger partial charge < -0.3 is 19.2 Å². The molecule has 1 aromatic heterocycles. The third kappa shape index (κ3) is 4.18. The summed E-state index contributed by atoms with van der Waals surface area (Å²) in [5.74, 6) is 0.620. The molecule has 0 bridgehead atoms. The van der Waals surface area contributed by atoms with E-state index in [0.29, 0.717) is 18.9 Å². The highest BCUT2D eigenvalue weighted by Gasteiger charge is 2.15. The van der Waals surface area contributed by atoms with Gasteiger partial charge >= 0.3 is 0 Å². The van der Waals surface area contributed by atoms with Crippen molar-refractivity contribution in [2.45, 2.75) is 12.7 Å². The van der Waals surface area contributed by atoms with Crippen molar-refractivity contribution in [3.8, 4) is 0 Å². The van der Waals surface area contributed by atoms with Gasteiger partial charge in [0.1, 0.15) is 12.4 Å². The summed E-state index contributed by atoms with van der Waals surface area (Å²) in [6.07, 6.45) is -0.191. The van der Waals surface area contributed by atoms with Crippen LogP contribution >= 0.6 is 0 Å². The van der Waals surface area contributed by atoms with Crippen molar-refractivity contribution in [3.05, 3.63) is 59.5 Å². The monoisotopic (exact) mass is 289 g/mol. The van der Waals surface area contributed by atoms with Gasteiger partial charge in [-0.25, -0.2) is 0 Å². The van der Waals surface area contributed by atoms with Crippen LogP contribution in [-0.4, -0.2) is 26.7 Å². The molecule has 5 heteroatoms. The minimum absolute atomic E-state index is 0.191. The Labute approximate surface area is 123 Å². The summed E-state index contributed by atoms with van der Waals surface area (Å²) in [6.45, 7) is 0.720. The molecule has 0 aliphatic carbocycles. The fraction of sp³-hybridized carbons (Fsp3) is 0.312. The number of ether oxygens (including phenoxy) is 2. The largest absolute Gasteiger partial charge is 0.453 e. The predicted molar refractivity (Wildman–Crippen MR) is 77.9 cm³/mol. The van der Waals surface area contributed by atoms with E-state index in [1.807, 2.05) is 30.3 Å². The van der Waals surface area contributed by atoms with Crippen molar-refractivity contribution in [1.29, 1.82) is 0 Å². The van der Waals surface area contributed by atoms with Gasteiger partial charge in [-0.3, -0.25) is 4.79 Å². The number of methoxy groups -OCH3 is 2. The van der Waals surface area contributed by atoms with Crippen molar-refractivity contribution in [2.75, 3.05) is 20.8 Å². The van der Waals surface area contributed by atoms with Gasteiger partial charge in [0, 0.05) is 20.8 Å². The highest BCUT2D eigenvalue weighted by molar-refractivity contribution is 5.91. The summed E-state index contributed by atoms with van der Waals surface area (Å²) in [4.78, 5) is 12.0. The Morgan fingerprint density at radius 3 is 2.62 bits per heavy atom. The first-order valence-electron chi connectivity index (χ1n) is 6.68. The van der Waals surface area contributed by atoms with Crippen LogP contribution in [0.4, 0.5) is 0 Å². The molecule has 2 rings (SSSR count). The van der Waals surface area contributed by atoms with E-state index in [9.17, 15) is 4.79 Å². The lowest BCUT2D eigenvalue weighted by Crippen LogP contribution is -2.28. The average molecular weight is 289 g/mol. The zero-order valence-corrected chi connectivity index (χ0v) is 12.2. The van der Waals surface area contributed by atoms with Gasteiger partial charge in [-0.2, -0.15) is 0 Å². The molecule has 5 nitrogen and oxygen atoms in total. The maximum Gasteiger partial charge on any atom is 0.287 e. The second-order valence-corrected chi connectivity index (χ2v) is 4.54. The Bertz CT molecular complexity index is 565. The number of carbonyl (C=O) groups is 1. The van der Waals surface area contributed by atoms with E-state index in [1.165, 1.54) is 0 Å². The third-order valence-corrected chi connectivity index (χ3v) is 3.08. The Morgan fingerprint density at radius 2 is 1.95 bits per heavy atom. The minimum atomic E-state index is -0.268. The van der Waals surface area contributed by atoms with Gasteiger partial charge in [-0.05, 0) is 17.7 Å². The molecule has 0 saturated heterocycles. The van der Waals surface area contributed by atoms with Crippen LogP contribution in [0.25, 0.3) is 0 Å². The van der Waals surface area contributed by atoms with Crippen LogP contribution in [0.1, 0.15) is 28.0 Å². The highest BCUT2D eigenvalue weighted by atomic mass is 16.5. The summed E-state index contributed by atoms with van der Waals surface area (Å²) in [7, 11) is 3.19. The number of furan rings is 1. The Morgan fingerprint density at radius 1 is 1.19 bits per heavy atom. The minimum Gasteiger partial charge on any atom is -0.453 e. The Kier molecular flexibility index (Phi) is 5.54. The first-order chi connectivity index (χ1) is 10.2. The zero-order valence-electron chi connectivity index (χ0n) is 12.2. The molecule has 2 aromatic rings. The molecule has 21 heavy (non-hydrogen) atoms. The van der Waals surface area contributed by atoms with Crippen molar-refractivity contribution in [2.24, 2.45) is 0 Å². The van der Waals surface area contributed by atoms with Gasteiger partial charge in [-0.15, -0.1) is 0 Å². The second-order valence-electron chi connectivity index (χ2n) is 4.54. The van der Waals surface area contributed by atoms with Crippen molar-refractivity contribution in [1.82, 2.24) is 5.32 Å².